The van der Waals surface area contributed by atoms with Crippen molar-refractivity contribution in [1.29, 1.82) is 0 Å². The fraction of sp³-hybridized carbons (Fsp3) is 0.562. The molecule has 2 aromatic heterocycles. The van der Waals surface area contributed by atoms with Crippen LogP contribution in [-0.2, 0) is 6.42 Å². The number of hydrogen-bond donors (Lipinski definition) is 1. The highest BCUT2D eigenvalue weighted by Crippen LogP contribution is 2.21. The van der Waals surface area contributed by atoms with Gasteiger partial charge in [-0.3, -0.25) is 4.98 Å². The molecule has 2 rings (SSSR count). The molecule has 0 aliphatic heterocycles. The van der Waals surface area contributed by atoms with Crippen LogP contribution in [0.3, 0.4) is 0 Å². The molecule has 1 N–H and O–H groups in total. The van der Waals surface area contributed by atoms with Gasteiger partial charge in [0.1, 0.15) is 12.2 Å². The molecule has 0 radical (unpaired) electrons. The molecule has 0 fully saturated rings. The number of pyridine rings is 1. The van der Waals surface area contributed by atoms with Crippen molar-refractivity contribution in [2.45, 2.75) is 52.6 Å². The quantitative estimate of drug-likeness (QED) is 0.851. The predicted molar refractivity (Wildman–Crippen MR) is 84.1 cm³/mol. The number of nitrogens with zero attached hydrogens (tertiary/aromatic N) is 4. The largest absolute Gasteiger partial charge is 0.309 e. The van der Waals surface area contributed by atoms with Crippen molar-refractivity contribution < 1.29 is 0 Å². The average Bonchev–Trinajstić information content (AvgIpc) is 2.92. The van der Waals surface area contributed by atoms with Gasteiger partial charge in [-0.2, -0.15) is 5.10 Å². The van der Waals surface area contributed by atoms with Crippen molar-refractivity contribution in [1.82, 2.24) is 25.1 Å². The second-order valence-electron chi connectivity index (χ2n) is 5.66. The van der Waals surface area contributed by atoms with Crippen LogP contribution in [0.5, 0.6) is 0 Å². The summed E-state index contributed by atoms with van der Waals surface area (Å²) in [6.45, 7) is 9.54. The first-order chi connectivity index (χ1) is 10.1. The summed E-state index contributed by atoms with van der Waals surface area (Å²) >= 11 is 0. The van der Waals surface area contributed by atoms with E-state index in [1.807, 2.05) is 17.1 Å². The highest BCUT2D eigenvalue weighted by molar-refractivity contribution is 5.26. The normalized spacial score (nSPS) is 12.8. The first-order valence-electron chi connectivity index (χ1n) is 7.65. The number of hydrogen-bond acceptors (Lipinski definition) is 4. The first-order valence-corrected chi connectivity index (χ1v) is 7.65. The van der Waals surface area contributed by atoms with Crippen molar-refractivity contribution in [3.05, 3.63) is 41.7 Å². The van der Waals surface area contributed by atoms with Crippen LogP contribution in [0.2, 0.25) is 0 Å². The molecule has 5 nitrogen and oxygen atoms in total. The molecular weight excluding hydrogens is 262 g/mol. The average molecular weight is 287 g/mol. The van der Waals surface area contributed by atoms with Gasteiger partial charge in [-0.1, -0.05) is 6.92 Å². The van der Waals surface area contributed by atoms with Crippen molar-refractivity contribution in [2.24, 2.45) is 0 Å². The zero-order valence-corrected chi connectivity index (χ0v) is 13.4. The Labute approximate surface area is 126 Å². The molecule has 114 valence electrons. The molecule has 0 aliphatic carbocycles. The van der Waals surface area contributed by atoms with Crippen molar-refractivity contribution in [3.63, 3.8) is 0 Å². The van der Waals surface area contributed by atoms with Crippen LogP contribution in [0.25, 0.3) is 0 Å². The number of nitrogens with one attached hydrogen (secondary N) is 1. The van der Waals surface area contributed by atoms with Gasteiger partial charge in [0.25, 0.3) is 0 Å². The summed E-state index contributed by atoms with van der Waals surface area (Å²) in [5, 5.41) is 7.94. The fourth-order valence-electron chi connectivity index (χ4n) is 2.49. The van der Waals surface area contributed by atoms with Crippen LogP contribution < -0.4 is 5.32 Å². The van der Waals surface area contributed by atoms with Gasteiger partial charge in [0.2, 0.25) is 0 Å². The van der Waals surface area contributed by atoms with E-state index in [1.54, 1.807) is 6.33 Å². The van der Waals surface area contributed by atoms with E-state index >= 15 is 0 Å². The van der Waals surface area contributed by atoms with E-state index in [4.69, 9.17) is 0 Å². The van der Waals surface area contributed by atoms with Crippen LogP contribution >= 0.6 is 0 Å². The highest BCUT2D eigenvalue weighted by Gasteiger charge is 2.18. The highest BCUT2D eigenvalue weighted by atomic mass is 15.3. The molecule has 0 spiro atoms. The van der Waals surface area contributed by atoms with E-state index in [0.29, 0.717) is 6.04 Å². The molecule has 5 heteroatoms. The molecule has 0 aliphatic rings. The maximum atomic E-state index is 4.43. The molecule has 0 aromatic carbocycles. The maximum absolute atomic E-state index is 4.43. The molecule has 1 atom stereocenters. The molecule has 0 amide bonds. The van der Waals surface area contributed by atoms with E-state index in [1.165, 1.54) is 11.1 Å². The van der Waals surface area contributed by atoms with E-state index in [0.717, 1.165) is 25.2 Å². The molecule has 0 saturated heterocycles. The van der Waals surface area contributed by atoms with E-state index in [2.05, 4.69) is 54.1 Å². The Bertz CT molecular complexity index is 561. The van der Waals surface area contributed by atoms with Crippen LogP contribution in [0.1, 0.15) is 56.2 Å². The molecule has 2 aromatic rings. The predicted octanol–water partition coefficient (Wildman–Crippen LogP) is 2.85. The SMILES string of the molecule is CCCNC(Cc1ncnn1C(C)C)c1cnccc1C. The lowest BCUT2D eigenvalue weighted by Gasteiger charge is -2.21. The Kier molecular flexibility index (Phi) is 5.44. The van der Waals surface area contributed by atoms with Gasteiger partial charge >= 0.3 is 0 Å². The lowest BCUT2D eigenvalue weighted by Crippen LogP contribution is -2.26. The molecule has 0 saturated carbocycles. The second kappa shape index (κ2) is 7.31. The minimum absolute atomic E-state index is 0.223. The minimum atomic E-state index is 0.223. The third-order valence-electron chi connectivity index (χ3n) is 3.62. The van der Waals surface area contributed by atoms with Gasteiger partial charge < -0.3 is 5.32 Å². The van der Waals surface area contributed by atoms with Crippen molar-refractivity contribution >= 4 is 0 Å². The maximum Gasteiger partial charge on any atom is 0.138 e. The van der Waals surface area contributed by atoms with Crippen LogP contribution in [-0.4, -0.2) is 26.3 Å². The standard InChI is InChI=1S/C16H25N5/c1-5-7-18-15(14-10-17-8-6-13(14)4)9-16-19-11-20-21(16)12(2)3/h6,8,10-12,15,18H,5,7,9H2,1-4H3. The summed E-state index contributed by atoms with van der Waals surface area (Å²) in [6, 6.07) is 2.60. The molecular formula is C16H25N5. The summed E-state index contributed by atoms with van der Waals surface area (Å²) in [5.41, 5.74) is 2.50. The summed E-state index contributed by atoms with van der Waals surface area (Å²) in [4.78, 5) is 8.71. The van der Waals surface area contributed by atoms with Crippen molar-refractivity contribution in [3.8, 4) is 0 Å². The Hall–Kier alpha value is -1.75. The van der Waals surface area contributed by atoms with Gasteiger partial charge in [0.05, 0.1) is 0 Å². The third kappa shape index (κ3) is 3.88. The van der Waals surface area contributed by atoms with Gasteiger partial charge in [-0.25, -0.2) is 9.67 Å². The fourth-order valence-corrected chi connectivity index (χ4v) is 2.49. The Morgan fingerprint density at radius 2 is 2.14 bits per heavy atom. The lowest BCUT2D eigenvalue weighted by atomic mass is 10.0. The number of aromatic nitrogens is 4. The van der Waals surface area contributed by atoms with Gasteiger partial charge in [-0.15, -0.1) is 0 Å². The number of rotatable bonds is 7. The molecule has 2 heterocycles. The van der Waals surface area contributed by atoms with Gasteiger partial charge in [0.15, 0.2) is 0 Å². The van der Waals surface area contributed by atoms with Crippen molar-refractivity contribution in [2.75, 3.05) is 6.54 Å². The van der Waals surface area contributed by atoms with Gasteiger partial charge in [0, 0.05) is 30.9 Å². The van der Waals surface area contributed by atoms with Crippen LogP contribution in [0.15, 0.2) is 24.8 Å². The summed E-state index contributed by atoms with van der Waals surface area (Å²) < 4.78 is 1.99. The topological polar surface area (TPSA) is 55.6 Å². The minimum Gasteiger partial charge on any atom is -0.309 e. The molecule has 0 bridgehead atoms. The smallest absolute Gasteiger partial charge is 0.138 e. The van der Waals surface area contributed by atoms with E-state index < -0.39 is 0 Å². The van der Waals surface area contributed by atoms with Crippen LogP contribution in [0, 0.1) is 6.92 Å². The Morgan fingerprint density at radius 3 is 2.81 bits per heavy atom. The first kappa shape index (κ1) is 15.6. The summed E-state index contributed by atoms with van der Waals surface area (Å²) in [7, 11) is 0. The summed E-state index contributed by atoms with van der Waals surface area (Å²) in [5.74, 6) is 1.02. The van der Waals surface area contributed by atoms with E-state index in [9.17, 15) is 0 Å². The van der Waals surface area contributed by atoms with Gasteiger partial charge in [-0.05, 0) is 50.9 Å². The Balaban J connectivity index is 2.24. The zero-order valence-electron chi connectivity index (χ0n) is 13.4. The molecule has 21 heavy (non-hydrogen) atoms. The Morgan fingerprint density at radius 1 is 1.33 bits per heavy atom. The molecule has 1 unspecified atom stereocenters. The summed E-state index contributed by atoms with van der Waals surface area (Å²) in [6.07, 6.45) is 7.37. The number of aryl methyl sites for hydroxylation is 1. The third-order valence-corrected chi connectivity index (χ3v) is 3.62. The van der Waals surface area contributed by atoms with E-state index in [-0.39, 0.29) is 6.04 Å². The van der Waals surface area contributed by atoms with Crippen LogP contribution in [0.4, 0.5) is 0 Å². The second-order valence-corrected chi connectivity index (χ2v) is 5.66. The lowest BCUT2D eigenvalue weighted by molar-refractivity contribution is 0.461. The monoisotopic (exact) mass is 287 g/mol. The zero-order chi connectivity index (χ0) is 15.2.